The van der Waals surface area contributed by atoms with Crippen LogP contribution >= 0.6 is 0 Å². The highest BCUT2D eigenvalue weighted by atomic mass is 32.2. The summed E-state index contributed by atoms with van der Waals surface area (Å²) in [7, 11) is -3.51. The maximum Gasteiger partial charge on any atom is 0.224 e. The van der Waals surface area contributed by atoms with Crippen LogP contribution in [0.5, 0.6) is 0 Å². The van der Waals surface area contributed by atoms with Gasteiger partial charge in [-0.25, -0.2) is 13.6 Å². The minimum Gasteiger partial charge on any atom is -0.355 e. The third-order valence-corrected chi connectivity index (χ3v) is 4.17. The number of nitrogens with two attached hydrogens (primary N) is 1. The highest BCUT2D eigenvalue weighted by molar-refractivity contribution is 7.89. The van der Waals surface area contributed by atoms with Crippen molar-refractivity contribution in [3.8, 4) is 0 Å². The molecule has 0 saturated heterocycles. The average Bonchev–Trinajstić information content (AvgIpc) is 2.64. The van der Waals surface area contributed by atoms with Gasteiger partial charge in [0.05, 0.1) is 11.7 Å². The molecule has 1 rings (SSSR count). The summed E-state index contributed by atoms with van der Waals surface area (Å²) in [6, 6.07) is 0. The zero-order valence-electron chi connectivity index (χ0n) is 11.4. The fraction of sp³-hybridized carbons (Fsp3) is 0.750. The van der Waals surface area contributed by atoms with E-state index in [-0.39, 0.29) is 35.5 Å². The van der Waals surface area contributed by atoms with Gasteiger partial charge in [0.25, 0.3) is 0 Å². The molecule has 0 heterocycles. The molecule has 5 nitrogen and oxygen atoms in total. The van der Waals surface area contributed by atoms with E-state index in [4.69, 9.17) is 5.14 Å². The van der Waals surface area contributed by atoms with Crippen LogP contribution in [0.3, 0.4) is 0 Å². The summed E-state index contributed by atoms with van der Waals surface area (Å²) >= 11 is 0. The molecule has 0 aromatic heterocycles. The second-order valence-corrected chi connectivity index (χ2v) is 7.46. The smallest absolute Gasteiger partial charge is 0.224 e. The summed E-state index contributed by atoms with van der Waals surface area (Å²) in [4.78, 5) is 11.9. The standard InChI is InChI=1S/C12H22N2O3S/c1-8(2)7-9-10(12(9,3)4)11(15)14-5-6-18(13,16)17/h7,9-10H,5-6H2,1-4H3,(H,14,15)(H2,13,16,17)/t9-,10-/m1/s1. The summed E-state index contributed by atoms with van der Waals surface area (Å²) in [5.41, 5.74) is 1.14. The number of rotatable bonds is 5. The molecule has 1 saturated carbocycles. The molecule has 0 aromatic carbocycles. The van der Waals surface area contributed by atoms with Gasteiger partial charge in [-0.1, -0.05) is 25.5 Å². The lowest BCUT2D eigenvalue weighted by molar-refractivity contribution is -0.123. The summed E-state index contributed by atoms with van der Waals surface area (Å²) in [6.07, 6.45) is 2.10. The SMILES string of the molecule is CC(C)=C[C@@H]1[C@H](C(=O)NCCS(N)(=O)=O)C1(C)C. The Morgan fingerprint density at radius 2 is 1.94 bits per heavy atom. The molecular weight excluding hydrogens is 252 g/mol. The zero-order valence-corrected chi connectivity index (χ0v) is 12.2. The highest BCUT2D eigenvalue weighted by Crippen LogP contribution is 2.59. The van der Waals surface area contributed by atoms with Gasteiger partial charge in [0.2, 0.25) is 15.9 Å². The molecule has 104 valence electrons. The van der Waals surface area contributed by atoms with Crippen LogP contribution in [-0.4, -0.2) is 26.6 Å². The number of primary sulfonamides is 1. The maximum atomic E-state index is 11.9. The van der Waals surface area contributed by atoms with Crippen LogP contribution in [0.15, 0.2) is 11.6 Å². The van der Waals surface area contributed by atoms with E-state index in [0.29, 0.717) is 0 Å². The zero-order chi connectivity index (χ0) is 14.1. The van der Waals surface area contributed by atoms with Gasteiger partial charge in [0.1, 0.15) is 0 Å². The largest absolute Gasteiger partial charge is 0.355 e. The van der Waals surface area contributed by atoms with Crippen molar-refractivity contribution in [2.75, 3.05) is 12.3 Å². The van der Waals surface area contributed by atoms with E-state index in [0.717, 1.165) is 0 Å². The molecule has 0 radical (unpaired) electrons. The summed E-state index contributed by atoms with van der Waals surface area (Å²) in [6.45, 7) is 8.17. The first-order valence-electron chi connectivity index (χ1n) is 5.99. The topological polar surface area (TPSA) is 89.3 Å². The lowest BCUT2D eigenvalue weighted by Crippen LogP contribution is -2.33. The van der Waals surface area contributed by atoms with Gasteiger partial charge in [0, 0.05) is 6.54 Å². The average molecular weight is 274 g/mol. The third kappa shape index (κ3) is 3.81. The van der Waals surface area contributed by atoms with Crippen LogP contribution < -0.4 is 10.5 Å². The van der Waals surface area contributed by atoms with Crippen molar-refractivity contribution in [1.82, 2.24) is 5.32 Å². The number of amides is 1. The van der Waals surface area contributed by atoms with Gasteiger partial charge in [-0.15, -0.1) is 0 Å². The number of nitrogens with one attached hydrogen (secondary N) is 1. The Balaban J connectivity index is 2.52. The molecule has 1 aliphatic carbocycles. The number of hydrogen-bond acceptors (Lipinski definition) is 3. The highest BCUT2D eigenvalue weighted by Gasteiger charge is 2.60. The number of allylic oxidation sites excluding steroid dienone is 2. The Labute approximate surface area is 109 Å². The van der Waals surface area contributed by atoms with Crippen molar-refractivity contribution in [2.45, 2.75) is 27.7 Å². The van der Waals surface area contributed by atoms with Gasteiger partial charge < -0.3 is 5.32 Å². The van der Waals surface area contributed by atoms with E-state index in [1.165, 1.54) is 5.57 Å². The normalized spacial score (nSPS) is 25.4. The van der Waals surface area contributed by atoms with E-state index in [9.17, 15) is 13.2 Å². The van der Waals surface area contributed by atoms with Gasteiger partial charge >= 0.3 is 0 Å². The summed E-state index contributed by atoms with van der Waals surface area (Å²) in [5, 5.41) is 7.50. The van der Waals surface area contributed by atoms with E-state index in [1.807, 2.05) is 27.7 Å². The quantitative estimate of drug-likeness (QED) is 0.721. The summed E-state index contributed by atoms with van der Waals surface area (Å²) < 4.78 is 21.5. The van der Waals surface area contributed by atoms with Crippen molar-refractivity contribution in [2.24, 2.45) is 22.4 Å². The lowest BCUT2D eigenvalue weighted by Gasteiger charge is -2.04. The Kier molecular flexibility index (Phi) is 4.23. The van der Waals surface area contributed by atoms with Crippen molar-refractivity contribution in [1.29, 1.82) is 0 Å². The molecule has 0 aromatic rings. The monoisotopic (exact) mass is 274 g/mol. The molecule has 1 aliphatic rings. The molecule has 18 heavy (non-hydrogen) atoms. The van der Waals surface area contributed by atoms with Gasteiger partial charge in [-0.2, -0.15) is 0 Å². The van der Waals surface area contributed by atoms with Crippen LogP contribution in [0.25, 0.3) is 0 Å². The minimum atomic E-state index is -3.51. The van der Waals surface area contributed by atoms with Gasteiger partial charge in [0.15, 0.2) is 0 Å². The number of hydrogen-bond donors (Lipinski definition) is 2. The first-order chi connectivity index (χ1) is 8.05. The van der Waals surface area contributed by atoms with Crippen LogP contribution in [0.4, 0.5) is 0 Å². The Bertz CT molecular complexity index is 462. The van der Waals surface area contributed by atoms with Gasteiger partial charge in [-0.05, 0) is 25.2 Å². The van der Waals surface area contributed by atoms with Gasteiger partial charge in [-0.3, -0.25) is 4.79 Å². The molecule has 2 atom stereocenters. The lowest BCUT2D eigenvalue weighted by atomic mass is 10.1. The van der Waals surface area contributed by atoms with E-state index < -0.39 is 10.0 Å². The predicted molar refractivity (Wildman–Crippen MR) is 71.2 cm³/mol. The molecule has 0 aliphatic heterocycles. The van der Waals surface area contributed by atoms with E-state index in [2.05, 4.69) is 11.4 Å². The van der Waals surface area contributed by atoms with Crippen LogP contribution in [0, 0.1) is 17.3 Å². The minimum absolute atomic E-state index is 0.0526. The predicted octanol–water partition coefficient (Wildman–Crippen LogP) is 0.630. The molecule has 0 bridgehead atoms. The Hall–Kier alpha value is -0.880. The van der Waals surface area contributed by atoms with E-state index in [1.54, 1.807) is 0 Å². The number of carbonyl (C=O) groups excluding carboxylic acids is 1. The molecule has 1 fully saturated rings. The van der Waals surface area contributed by atoms with Crippen molar-refractivity contribution >= 4 is 15.9 Å². The summed E-state index contributed by atoms with van der Waals surface area (Å²) in [5.74, 6) is -0.157. The second-order valence-electron chi connectivity index (χ2n) is 5.73. The maximum absolute atomic E-state index is 11.9. The Morgan fingerprint density at radius 3 is 2.39 bits per heavy atom. The van der Waals surface area contributed by atoms with Crippen LogP contribution in [0.1, 0.15) is 27.7 Å². The van der Waals surface area contributed by atoms with Crippen molar-refractivity contribution in [3.05, 3.63) is 11.6 Å². The number of carbonyl (C=O) groups is 1. The molecule has 0 spiro atoms. The molecular formula is C12H22N2O3S. The molecule has 3 N–H and O–H groups in total. The van der Waals surface area contributed by atoms with Crippen LogP contribution in [-0.2, 0) is 14.8 Å². The number of sulfonamides is 1. The molecule has 6 heteroatoms. The second kappa shape index (κ2) is 5.01. The van der Waals surface area contributed by atoms with Crippen molar-refractivity contribution < 1.29 is 13.2 Å². The molecule has 0 unspecified atom stereocenters. The third-order valence-electron chi connectivity index (χ3n) is 3.39. The van der Waals surface area contributed by atoms with E-state index >= 15 is 0 Å². The van der Waals surface area contributed by atoms with Crippen molar-refractivity contribution in [3.63, 3.8) is 0 Å². The first-order valence-corrected chi connectivity index (χ1v) is 7.70. The van der Waals surface area contributed by atoms with Crippen LogP contribution in [0.2, 0.25) is 0 Å². The Morgan fingerprint density at radius 1 is 1.39 bits per heavy atom. The first kappa shape index (κ1) is 15.2. The molecule has 1 amide bonds. The fourth-order valence-corrected chi connectivity index (χ4v) is 2.66. The fourth-order valence-electron chi connectivity index (χ4n) is 2.28.